The molecule has 0 aromatic heterocycles. The summed E-state index contributed by atoms with van der Waals surface area (Å²) >= 11 is 0. The molecule has 5 nitrogen and oxygen atoms in total. The lowest BCUT2D eigenvalue weighted by Crippen LogP contribution is -2.44. The molecule has 120 valence electrons. The highest BCUT2D eigenvalue weighted by Gasteiger charge is 2.39. The highest BCUT2D eigenvalue weighted by Crippen LogP contribution is 2.38. The lowest BCUT2D eigenvalue weighted by molar-refractivity contribution is -0.151. The van der Waals surface area contributed by atoms with E-state index in [1.54, 1.807) is 6.92 Å². The van der Waals surface area contributed by atoms with Gasteiger partial charge in [-0.05, 0) is 38.5 Å². The Morgan fingerprint density at radius 3 is 2.67 bits per heavy atom. The summed E-state index contributed by atoms with van der Waals surface area (Å²) in [5.41, 5.74) is -0.0669. The van der Waals surface area contributed by atoms with Crippen LogP contribution in [0.15, 0.2) is 0 Å². The molecule has 0 aromatic rings. The second kappa shape index (κ2) is 7.90. The van der Waals surface area contributed by atoms with E-state index < -0.39 is 0 Å². The number of hydrogen-bond acceptors (Lipinski definition) is 5. The number of ether oxygens (including phenoxy) is 3. The summed E-state index contributed by atoms with van der Waals surface area (Å²) in [4.78, 5) is 23.3. The third kappa shape index (κ3) is 5.08. The third-order valence-corrected chi connectivity index (χ3v) is 4.43. The van der Waals surface area contributed by atoms with E-state index in [-0.39, 0.29) is 23.8 Å². The van der Waals surface area contributed by atoms with Crippen molar-refractivity contribution in [3.05, 3.63) is 0 Å². The summed E-state index contributed by atoms with van der Waals surface area (Å²) in [6.45, 7) is 4.38. The summed E-state index contributed by atoms with van der Waals surface area (Å²) in [5, 5.41) is 0. The largest absolute Gasteiger partial charge is 0.466 e. The zero-order valence-electron chi connectivity index (χ0n) is 12.9. The van der Waals surface area contributed by atoms with Gasteiger partial charge in [0.2, 0.25) is 0 Å². The average Bonchev–Trinajstić information content (AvgIpc) is 2.46. The van der Waals surface area contributed by atoms with Gasteiger partial charge in [-0.1, -0.05) is 0 Å². The van der Waals surface area contributed by atoms with Crippen LogP contribution in [-0.2, 0) is 23.8 Å². The van der Waals surface area contributed by atoms with Crippen molar-refractivity contribution in [2.24, 2.45) is 5.92 Å². The Bertz CT molecular complexity index is 354. The Kier molecular flexibility index (Phi) is 6.18. The Balaban J connectivity index is 1.74. The van der Waals surface area contributed by atoms with Gasteiger partial charge in [0.1, 0.15) is 5.78 Å². The molecular formula is C16H26O5. The van der Waals surface area contributed by atoms with Crippen LogP contribution in [0.25, 0.3) is 0 Å². The first kappa shape index (κ1) is 16.4. The zero-order valence-corrected chi connectivity index (χ0v) is 12.9. The van der Waals surface area contributed by atoms with Crippen LogP contribution < -0.4 is 0 Å². The average molecular weight is 298 g/mol. The summed E-state index contributed by atoms with van der Waals surface area (Å²) in [6, 6.07) is 0. The van der Waals surface area contributed by atoms with E-state index in [9.17, 15) is 9.59 Å². The summed E-state index contributed by atoms with van der Waals surface area (Å²) in [6.07, 6.45) is 4.81. The number of ketones is 1. The zero-order chi connectivity index (χ0) is 15.1. The minimum Gasteiger partial charge on any atom is -0.466 e. The summed E-state index contributed by atoms with van der Waals surface area (Å²) in [7, 11) is 0. The van der Waals surface area contributed by atoms with E-state index in [2.05, 4.69) is 0 Å². The highest BCUT2D eigenvalue weighted by atomic mass is 16.5. The molecular weight excluding hydrogens is 272 g/mol. The second-order valence-electron chi connectivity index (χ2n) is 6.05. The second-order valence-corrected chi connectivity index (χ2v) is 6.05. The number of carbonyl (C=O) groups excluding carboxylic acids is 2. The van der Waals surface area contributed by atoms with Crippen molar-refractivity contribution in [2.45, 2.75) is 57.5 Å². The number of carbonyl (C=O) groups is 2. The van der Waals surface area contributed by atoms with Gasteiger partial charge in [0.05, 0.1) is 18.6 Å². The van der Waals surface area contributed by atoms with Crippen LogP contribution in [0.3, 0.4) is 0 Å². The van der Waals surface area contributed by atoms with Crippen LogP contribution >= 0.6 is 0 Å². The van der Waals surface area contributed by atoms with Crippen molar-refractivity contribution < 1.29 is 23.8 Å². The van der Waals surface area contributed by atoms with E-state index in [1.165, 1.54) is 0 Å². The van der Waals surface area contributed by atoms with Crippen molar-refractivity contribution in [1.82, 2.24) is 0 Å². The van der Waals surface area contributed by atoms with Crippen LogP contribution in [0.2, 0.25) is 0 Å². The summed E-state index contributed by atoms with van der Waals surface area (Å²) < 4.78 is 16.2. The van der Waals surface area contributed by atoms with Gasteiger partial charge in [-0.25, -0.2) is 0 Å². The molecule has 0 bridgehead atoms. The molecule has 0 saturated carbocycles. The van der Waals surface area contributed by atoms with Crippen molar-refractivity contribution >= 4 is 11.8 Å². The third-order valence-electron chi connectivity index (χ3n) is 4.43. The lowest BCUT2D eigenvalue weighted by Gasteiger charge is -2.43. The fourth-order valence-corrected chi connectivity index (χ4v) is 3.29. The number of esters is 1. The quantitative estimate of drug-likeness (QED) is 0.704. The standard InChI is InChI=1S/C16H26O5/c1-2-20-15(18)4-3-14(17)11-13-5-8-21-16(12-13)6-9-19-10-7-16/h13H,2-12H2,1H3. The Hall–Kier alpha value is -0.940. The minimum atomic E-state index is -0.279. The van der Waals surface area contributed by atoms with Crippen molar-refractivity contribution in [3.8, 4) is 0 Å². The van der Waals surface area contributed by atoms with Gasteiger partial charge in [-0.15, -0.1) is 0 Å². The molecule has 2 saturated heterocycles. The first-order valence-electron chi connectivity index (χ1n) is 8.02. The van der Waals surface area contributed by atoms with Crippen molar-refractivity contribution in [3.63, 3.8) is 0 Å². The fourth-order valence-electron chi connectivity index (χ4n) is 3.29. The van der Waals surface area contributed by atoms with Gasteiger partial charge < -0.3 is 14.2 Å². The molecule has 5 heteroatoms. The molecule has 2 rings (SSSR count). The first-order chi connectivity index (χ1) is 10.1. The monoisotopic (exact) mass is 298 g/mol. The molecule has 2 fully saturated rings. The molecule has 2 heterocycles. The molecule has 1 atom stereocenters. The molecule has 2 aliphatic heterocycles. The highest BCUT2D eigenvalue weighted by molar-refractivity contribution is 5.83. The summed E-state index contributed by atoms with van der Waals surface area (Å²) in [5.74, 6) is 0.266. The molecule has 0 amide bonds. The van der Waals surface area contributed by atoms with Gasteiger partial charge >= 0.3 is 5.97 Å². The predicted octanol–water partition coefficient (Wildman–Crippen LogP) is 2.26. The predicted molar refractivity (Wildman–Crippen MR) is 77.0 cm³/mol. The molecule has 1 spiro atoms. The normalized spacial score (nSPS) is 24.7. The van der Waals surface area contributed by atoms with E-state index in [0.29, 0.717) is 25.4 Å². The maximum absolute atomic E-state index is 12.0. The maximum atomic E-state index is 12.0. The van der Waals surface area contributed by atoms with Gasteiger partial charge in [-0.2, -0.15) is 0 Å². The molecule has 0 radical (unpaired) electrons. The van der Waals surface area contributed by atoms with E-state index in [0.717, 1.165) is 45.5 Å². The van der Waals surface area contributed by atoms with Gasteiger partial charge in [0.15, 0.2) is 0 Å². The molecule has 21 heavy (non-hydrogen) atoms. The maximum Gasteiger partial charge on any atom is 0.306 e. The van der Waals surface area contributed by atoms with E-state index in [1.807, 2.05) is 0 Å². The molecule has 0 aromatic carbocycles. The minimum absolute atomic E-state index is 0.0669. The van der Waals surface area contributed by atoms with Gasteiger partial charge in [-0.3, -0.25) is 9.59 Å². The van der Waals surface area contributed by atoms with Crippen LogP contribution in [0.5, 0.6) is 0 Å². The van der Waals surface area contributed by atoms with E-state index in [4.69, 9.17) is 14.2 Å². The molecule has 0 aliphatic carbocycles. The Morgan fingerprint density at radius 2 is 1.95 bits per heavy atom. The lowest BCUT2D eigenvalue weighted by atomic mass is 9.78. The molecule has 0 N–H and O–H groups in total. The van der Waals surface area contributed by atoms with Gasteiger partial charge in [0, 0.05) is 32.7 Å². The Labute approximate surface area is 126 Å². The van der Waals surface area contributed by atoms with Crippen LogP contribution in [0.1, 0.15) is 51.9 Å². The fraction of sp³-hybridized carbons (Fsp3) is 0.875. The molecule has 1 unspecified atom stereocenters. The van der Waals surface area contributed by atoms with Crippen molar-refractivity contribution in [2.75, 3.05) is 26.4 Å². The van der Waals surface area contributed by atoms with Gasteiger partial charge in [0.25, 0.3) is 0 Å². The number of rotatable bonds is 6. The number of hydrogen-bond donors (Lipinski definition) is 0. The number of Topliss-reactive ketones (excluding diaryl/α,β-unsaturated/α-hetero) is 1. The van der Waals surface area contributed by atoms with Crippen LogP contribution in [0.4, 0.5) is 0 Å². The topological polar surface area (TPSA) is 61.8 Å². The van der Waals surface area contributed by atoms with Crippen LogP contribution in [0, 0.1) is 5.92 Å². The molecule has 2 aliphatic rings. The SMILES string of the molecule is CCOC(=O)CCC(=O)CC1CCOC2(CCOCC2)C1. The van der Waals surface area contributed by atoms with Crippen LogP contribution in [-0.4, -0.2) is 43.8 Å². The smallest absolute Gasteiger partial charge is 0.306 e. The first-order valence-corrected chi connectivity index (χ1v) is 8.02. The van der Waals surface area contributed by atoms with E-state index >= 15 is 0 Å². The Morgan fingerprint density at radius 1 is 1.19 bits per heavy atom. The van der Waals surface area contributed by atoms with Crippen molar-refractivity contribution in [1.29, 1.82) is 0 Å².